The molecule has 1 heterocycles. The molecular formula is C25H33N3O2. The lowest BCUT2D eigenvalue weighted by molar-refractivity contribution is -0.126. The molecule has 5 nitrogen and oxygen atoms in total. The molecule has 2 amide bonds. The number of likely N-dealkylation sites (tertiary alicyclic amines) is 1. The molecule has 1 aliphatic rings. The second kappa shape index (κ2) is 10.9. The van der Waals surface area contributed by atoms with E-state index < -0.39 is 0 Å². The zero-order valence-electron chi connectivity index (χ0n) is 18.1. The van der Waals surface area contributed by atoms with Gasteiger partial charge in [-0.05, 0) is 81.4 Å². The molecule has 1 aliphatic heterocycles. The summed E-state index contributed by atoms with van der Waals surface area (Å²) in [5, 5.41) is 6.08. The van der Waals surface area contributed by atoms with Crippen molar-refractivity contribution in [3.63, 3.8) is 0 Å². The van der Waals surface area contributed by atoms with Gasteiger partial charge < -0.3 is 10.6 Å². The second-order valence-corrected chi connectivity index (χ2v) is 8.36. The summed E-state index contributed by atoms with van der Waals surface area (Å²) >= 11 is 0. The quantitative estimate of drug-likeness (QED) is 0.656. The number of piperidine rings is 1. The summed E-state index contributed by atoms with van der Waals surface area (Å²) < 4.78 is 0. The first-order valence-corrected chi connectivity index (χ1v) is 10.9. The van der Waals surface area contributed by atoms with Gasteiger partial charge in [-0.2, -0.15) is 0 Å². The van der Waals surface area contributed by atoms with E-state index in [0.29, 0.717) is 13.1 Å². The van der Waals surface area contributed by atoms with Crippen LogP contribution in [0.5, 0.6) is 0 Å². The molecule has 2 N–H and O–H groups in total. The summed E-state index contributed by atoms with van der Waals surface area (Å²) in [6.07, 6.45) is 3.55. The fourth-order valence-electron chi connectivity index (χ4n) is 4.10. The predicted octanol–water partition coefficient (Wildman–Crippen LogP) is 3.70. The normalized spacial score (nSPS) is 15.0. The molecular weight excluding hydrogens is 374 g/mol. The highest BCUT2D eigenvalue weighted by Crippen LogP contribution is 2.18. The number of hydrogen-bond donors (Lipinski definition) is 2. The van der Waals surface area contributed by atoms with Crippen LogP contribution in [0.25, 0.3) is 0 Å². The maximum atomic E-state index is 12.4. The average Bonchev–Trinajstić information content (AvgIpc) is 2.71. The molecule has 0 unspecified atom stereocenters. The Labute approximate surface area is 179 Å². The van der Waals surface area contributed by atoms with Crippen molar-refractivity contribution in [2.24, 2.45) is 5.92 Å². The van der Waals surface area contributed by atoms with E-state index >= 15 is 0 Å². The van der Waals surface area contributed by atoms with Gasteiger partial charge >= 0.3 is 0 Å². The number of nitrogens with zero attached hydrogens (tertiary/aromatic N) is 1. The summed E-state index contributed by atoms with van der Waals surface area (Å²) in [4.78, 5) is 26.9. The van der Waals surface area contributed by atoms with Crippen LogP contribution in [0.15, 0.2) is 48.5 Å². The molecule has 0 saturated carbocycles. The van der Waals surface area contributed by atoms with Crippen molar-refractivity contribution in [2.45, 2.75) is 39.5 Å². The monoisotopic (exact) mass is 407 g/mol. The van der Waals surface area contributed by atoms with Crippen LogP contribution in [0.3, 0.4) is 0 Å². The molecule has 0 spiro atoms. The molecule has 30 heavy (non-hydrogen) atoms. The molecule has 0 aliphatic carbocycles. The van der Waals surface area contributed by atoms with Crippen molar-refractivity contribution >= 4 is 17.5 Å². The van der Waals surface area contributed by atoms with Gasteiger partial charge in [0.15, 0.2) is 0 Å². The molecule has 5 heteroatoms. The van der Waals surface area contributed by atoms with E-state index in [0.717, 1.165) is 55.6 Å². The topological polar surface area (TPSA) is 61.4 Å². The Morgan fingerprint density at radius 1 is 1.00 bits per heavy atom. The van der Waals surface area contributed by atoms with Crippen LogP contribution in [0.2, 0.25) is 0 Å². The van der Waals surface area contributed by atoms with Crippen LogP contribution in [0.4, 0.5) is 5.69 Å². The van der Waals surface area contributed by atoms with E-state index in [2.05, 4.69) is 33.7 Å². The van der Waals surface area contributed by atoms with Crippen LogP contribution in [0, 0.1) is 19.8 Å². The lowest BCUT2D eigenvalue weighted by atomic mass is 9.96. The number of aryl methyl sites for hydroxylation is 3. The number of nitrogens with one attached hydrogen (secondary N) is 2. The third-order valence-electron chi connectivity index (χ3n) is 5.62. The molecule has 1 saturated heterocycles. The van der Waals surface area contributed by atoms with Gasteiger partial charge in [0.05, 0.1) is 6.54 Å². The number of hydrogen-bond acceptors (Lipinski definition) is 3. The van der Waals surface area contributed by atoms with Gasteiger partial charge in [0.25, 0.3) is 0 Å². The smallest absolute Gasteiger partial charge is 0.238 e. The number of carbonyl (C=O) groups is 2. The molecule has 160 valence electrons. The lowest BCUT2D eigenvalue weighted by Gasteiger charge is -2.30. The van der Waals surface area contributed by atoms with Gasteiger partial charge in [-0.3, -0.25) is 14.5 Å². The number of benzene rings is 2. The zero-order chi connectivity index (χ0) is 21.3. The summed E-state index contributed by atoms with van der Waals surface area (Å²) in [7, 11) is 0. The van der Waals surface area contributed by atoms with Crippen LogP contribution in [-0.4, -0.2) is 42.9 Å². The van der Waals surface area contributed by atoms with Crippen molar-refractivity contribution in [3.8, 4) is 0 Å². The van der Waals surface area contributed by atoms with Crippen molar-refractivity contribution in [3.05, 3.63) is 65.2 Å². The zero-order valence-corrected chi connectivity index (χ0v) is 18.1. The van der Waals surface area contributed by atoms with Crippen molar-refractivity contribution in [1.82, 2.24) is 10.2 Å². The highest BCUT2D eigenvalue weighted by molar-refractivity contribution is 5.92. The maximum Gasteiger partial charge on any atom is 0.238 e. The van der Waals surface area contributed by atoms with Gasteiger partial charge in [0.1, 0.15) is 0 Å². The SMILES string of the molecule is Cc1cc(C)cc(NC(=O)CN2CCC(C(=O)NCCCc3ccccc3)CC2)c1. The van der Waals surface area contributed by atoms with Gasteiger partial charge in [-0.15, -0.1) is 0 Å². The average molecular weight is 408 g/mol. The third-order valence-corrected chi connectivity index (χ3v) is 5.62. The van der Waals surface area contributed by atoms with Gasteiger partial charge in [-0.25, -0.2) is 0 Å². The predicted molar refractivity (Wildman–Crippen MR) is 121 cm³/mol. The molecule has 3 rings (SSSR count). The standard InChI is InChI=1S/C25H33N3O2/c1-19-15-20(2)17-23(16-19)27-24(29)18-28-13-10-22(11-14-28)25(30)26-12-6-9-21-7-4-3-5-8-21/h3-5,7-8,15-17,22H,6,9-14,18H2,1-2H3,(H,26,30)(H,27,29). The van der Waals surface area contributed by atoms with E-state index in [1.165, 1.54) is 5.56 Å². The van der Waals surface area contributed by atoms with Crippen LogP contribution in [0.1, 0.15) is 36.0 Å². The molecule has 0 atom stereocenters. The van der Waals surface area contributed by atoms with Crippen LogP contribution < -0.4 is 10.6 Å². The van der Waals surface area contributed by atoms with Gasteiger partial charge in [-0.1, -0.05) is 36.4 Å². The fraction of sp³-hybridized carbons (Fsp3) is 0.440. The first-order valence-electron chi connectivity index (χ1n) is 10.9. The number of rotatable bonds is 8. The summed E-state index contributed by atoms with van der Waals surface area (Å²) in [6.45, 7) is 6.70. The highest BCUT2D eigenvalue weighted by atomic mass is 16.2. The molecule has 1 fully saturated rings. The Bertz CT molecular complexity index is 822. The molecule has 0 bridgehead atoms. The Balaban J connectivity index is 1.33. The Kier molecular flexibility index (Phi) is 8.03. The highest BCUT2D eigenvalue weighted by Gasteiger charge is 2.25. The minimum atomic E-state index is 0.00353. The lowest BCUT2D eigenvalue weighted by Crippen LogP contribution is -2.43. The van der Waals surface area contributed by atoms with Crippen molar-refractivity contribution in [1.29, 1.82) is 0 Å². The van der Waals surface area contributed by atoms with E-state index in [4.69, 9.17) is 0 Å². The number of anilines is 1. The van der Waals surface area contributed by atoms with Crippen molar-refractivity contribution < 1.29 is 9.59 Å². The van der Waals surface area contributed by atoms with Crippen LogP contribution >= 0.6 is 0 Å². The number of carbonyl (C=O) groups excluding carboxylic acids is 2. The van der Waals surface area contributed by atoms with Crippen molar-refractivity contribution in [2.75, 3.05) is 31.5 Å². The van der Waals surface area contributed by atoms with Crippen LogP contribution in [-0.2, 0) is 16.0 Å². The summed E-state index contributed by atoms with van der Waals surface area (Å²) in [5.74, 6) is 0.215. The summed E-state index contributed by atoms with van der Waals surface area (Å²) in [6, 6.07) is 16.4. The Morgan fingerprint density at radius 3 is 2.33 bits per heavy atom. The molecule has 0 radical (unpaired) electrons. The van der Waals surface area contributed by atoms with Gasteiger partial charge in [0.2, 0.25) is 11.8 Å². The Morgan fingerprint density at radius 2 is 1.67 bits per heavy atom. The third kappa shape index (κ3) is 6.99. The van der Waals surface area contributed by atoms with E-state index in [-0.39, 0.29) is 17.7 Å². The first kappa shape index (κ1) is 22.0. The second-order valence-electron chi connectivity index (χ2n) is 8.36. The summed E-state index contributed by atoms with van der Waals surface area (Å²) in [5.41, 5.74) is 4.43. The largest absolute Gasteiger partial charge is 0.356 e. The number of amides is 2. The molecule has 2 aromatic carbocycles. The molecule has 2 aromatic rings. The Hall–Kier alpha value is -2.66. The van der Waals surface area contributed by atoms with E-state index in [9.17, 15) is 9.59 Å². The van der Waals surface area contributed by atoms with E-state index in [1.54, 1.807) is 0 Å². The first-order chi connectivity index (χ1) is 14.5. The maximum absolute atomic E-state index is 12.4. The van der Waals surface area contributed by atoms with E-state index in [1.807, 2.05) is 44.2 Å². The fourth-order valence-corrected chi connectivity index (χ4v) is 4.10. The molecule has 0 aromatic heterocycles. The van der Waals surface area contributed by atoms with Gasteiger partial charge in [0, 0.05) is 18.2 Å². The minimum Gasteiger partial charge on any atom is -0.356 e. The minimum absolute atomic E-state index is 0.00353.